The number of halogens is 2. The van der Waals surface area contributed by atoms with Gasteiger partial charge in [0, 0.05) is 0 Å². The van der Waals surface area contributed by atoms with Gasteiger partial charge >= 0.3 is 198 Å². The van der Waals surface area contributed by atoms with E-state index in [0.29, 0.717) is 35.8 Å². The third-order valence-electron chi connectivity index (χ3n) is 6.58. The molecule has 0 spiro atoms. The molecule has 2 atom stereocenters. The van der Waals surface area contributed by atoms with Crippen molar-refractivity contribution in [3.63, 3.8) is 0 Å². The molecule has 0 aliphatic carbocycles. The Bertz CT molecular complexity index is 785. The Morgan fingerprint density at radius 2 is 0.788 bits per heavy atom. The van der Waals surface area contributed by atoms with Crippen LogP contribution in [-0.4, -0.2) is 12.1 Å². The summed E-state index contributed by atoms with van der Waals surface area (Å²) in [6.45, 7) is 23.4. The third kappa shape index (κ3) is 6.01. The quantitative estimate of drug-likeness (QED) is 0.455. The number of rotatable bonds is 6. The molecule has 1 saturated heterocycles. The second-order valence-electron chi connectivity index (χ2n) is 10.3. The molecule has 1 aliphatic heterocycles. The van der Waals surface area contributed by atoms with Crippen molar-refractivity contribution in [2.45, 2.75) is 105 Å². The van der Waals surface area contributed by atoms with Gasteiger partial charge in [0.1, 0.15) is 0 Å². The number of hydrogen-bond acceptors (Lipinski definition) is 2. The number of benzene rings is 2. The molecule has 0 amide bonds. The molecule has 0 saturated carbocycles. The van der Waals surface area contributed by atoms with Crippen molar-refractivity contribution in [2.75, 3.05) is 7.96 Å². The Balaban J connectivity index is 0.00000272. The van der Waals surface area contributed by atoms with E-state index >= 15 is 0 Å². The molecule has 33 heavy (non-hydrogen) atoms. The summed E-state index contributed by atoms with van der Waals surface area (Å²) < 4.78 is 5.26. The van der Waals surface area contributed by atoms with E-state index in [-0.39, 0.29) is 34.0 Å². The maximum absolute atomic E-state index is 2.63. The zero-order chi connectivity index (χ0) is 23.0. The van der Waals surface area contributed by atoms with Gasteiger partial charge in [0.05, 0.1) is 0 Å². The predicted octanol–water partition coefficient (Wildman–Crippen LogP) is 2.20. The molecule has 2 unspecified atom stereocenters. The van der Waals surface area contributed by atoms with Crippen LogP contribution in [0.5, 0.6) is 0 Å². The van der Waals surface area contributed by atoms with Crippen LogP contribution in [0.3, 0.4) is 0 Å². The van der Waals surface area contributed by atoms with E-state index < -0.39 is 0 Å². The van der Waals surface area contributed by atoms with Gasteiger partial charge in [0.25, 0.3) is 0 Å². The minimum Gasteiger partial charge on any atom is -1.00 e. The van der Waals surface area contributed by atoms with Gasteiger partial charge in [-0.1, -0.05) is 0 Å². The zero-order valence-corrected chi connectivity index (χ0v) is 26.1. The largest absolute Gasteiger partial charge is 1.00 e. The topological polar surface area (TPSA) is 6.48 Å². The Kier molecular flexibility index (Phi) is 11.5. The van der Waals surface area contributed by atoms with Gasteiger partial charge in [-0.15, -0.1) is 0 Å². The molecule has 0 radical (unpaired) electrons. The Hall–Kier alpha value is -0.506. The van der Waals surface area contributed by atoms with Crippen LogP contribution in [0.2, 0.25) is 0 Å². The van der Waals surface area contributed by atoms with Crippen molar-refractivity contribution in [3.8, 4) is 0 Å². The van der Waals surface area contributed by atoms with Gasteiger partial charge < -0.3 is 34.0 Å². The van der Waals surface area contributed by atoms with E-state index in [2.05, 4.69) is 114 Å². The number of anilines is 2. The first-order valence-corrected chi connectivity index (χ1v) is 12.9. The van der Waals surface area contributed by atoms with E-state index in [1.807, 2.05) is 0 Å². The van der Waals surface area contributed by atoms with Crippen LogP contribution in [0, 0.1) is 0 Å². The third-order valence-corrected chi connectivity index (χ3v) is 8.26. The van der Waals surface area contributed by atoms with Crippen molar-refractivity contribution in [1.29, 1.82) is 0 Å². The number of nitrogens with zero attached hydrogens (tertiary/aromatic N) is 2. The van der Waals surface area contributed by atoms with Gasteiger partial charge in [0.15, 0.2) is 0 Å². The molecule has 1 fully saturated rings. The molecule has 0 bridgehead atoms. The SMILES string of the molecule is CC(C)c1cccc(C(C)C)c1[N]1[Ni+2][N](c2c(C(C)C)cccc2C(C)C)C(C)C1C.[Br-].[Br-]. The molecule has 188 valence electrons. The minimum atomic E-state index is 0. The first-order valence-electron chi connectivity index (χ1n) is 12.0. The summed E-state index contributed by atoms with van der Waals surface area (Å²) in [6.07, 6.45) is 0. The monoisotopic (exact) mass is 622 g/mol. The summed E-state index contributed by atoms with van der Waals surface area (Å²) in [6, 6.07) is 14.7. The van der Waals surface area contributed by atoms with Gasteiger partial charge in [-0.3, -0.25) is 0 Å². The maximum Gasteiger partial charge on any atom is -1.00 e. The molecule has 3 rings (SSSR count). The summed E-state index contributed by atoms with van der Waals surface area (Å²) in [5.41, 5.74) is 8.75. The molecule has 5 heteroatoms. The van der Waals surface area contributed by atoms with Crippen LogP contribution in [0.15, 0.2) is 36.4 Å². The van der Waals surface area contributed by atoms with E-state index in [0.717, 1.165) is 0 Å². The average molecular weight is 625 g/mol. The summed E-state index contributed by atoms with van der Waals surface area (Å²) in [5, 5.41) is 0. The molecular formula is C28H42Br2N2Ni. The standard InChI is InChI=1S/C28H42N2.2BrH.Ni/c1-17(2)23-13-11-14-24(18(3)4)27(23)29-21(9)22(10)30-28-25(19(5)6)15-12-16-26(28)20(7)8;;;/h11-22H,1-10H3;2*1H;/q-2;;;+4/p-2. The van der Waals surface area contributed by atoms with Crippen molar-refractivity contribution in [2.24, 2.45) is 0 Å². The van der Waals surface area contributed by atoms with Crippen molar-refractivity contribution >= 4 is 11.4 Å². The molecule has 0 N–H and O–H groups in total. The molecular weight excluding hydrogens is 583 g/mol. The second-order valence-corrected chi connectivity index (χ2v) is 11.4. The molecule has 2 aromatic rings. The minimum absolute atomic E-state index is 0. The summed E-state index contributed by atoms with van der Waals surface area (Å²) >= 11 is 1.68. The predicted molar refractivity (Wildman–Crippen MR) is 133 cm³/mol. The van der Waals surface area contributed by atoms with Crippen LogP contribution < -0.4 is 41.9 Å². The van der Waals surface area contributed by atoms with Crippen molar-refractivity contribution < 1.29 is 48.8 Å². The van der Waals surface area contributed by atoms with Gasteiger partial charge in [-0.05, 0) is 0 Å². The van der Waals surface area contributed by atoms with Crippen LogP contribution in [-0.2, 0) is 14.9 Å². The van der Waals surface area contributed by atoms with Crippen LogP contribution in [0.25, 0.3) is 0 Å². The summed E-state index contributed by atoms with van der Waals surface area (Å²) in [7, 11) is 0. The van der Waals surface area contributed by atoms with E-state index in [1.165, 1.54) is 33.6 Å². The fraction of sp³-hybridized carbons (Fsp3) is 0.571. The van der Waals surface area contributed by atoms with Crippen LogP contribution in [0.1, 0.15) is 115 Å². The first-order chi connectivity index (χ1) is 14.6. The zero-order valence-electron chi connectivity index (χ0n) is 21.9. The Morgan fingerprint density at radius 1 is 0.545 bits per heavy atom. The normalized spacial score (nSPS) is 18.6. The molecule has 0 aromatic heterocycles. The van der Waals surface area contributed by atoms with E-state index in [9.17, 15) is 0 Å². The van der Waals surface area contributed by atoms with Crippen LogP contribution in [0.4, 0.5) is 11.4 Å². The summed E-state index contributed by atoms with van der Waals surface area (Å²) in [5.74, 6) is 2.01. The Morgan fingerprint density at radius 3 is 1.00 bits per heavy atom. The molecule has 1 aliphatic rings. The van der Waals surface area contributed by atoms with E-state index in [4.69, 9.17) is 0 Å². The summed E-state index contributed by atoms with van der Waals surface area (Å²) in [4.78, 5) is 0. The molecule has 2 aromatic carbocycles. The molecule has 1 heterocycles. The maximum atomic E-state index is 2.63. The number of hydrogen-bond donors (Lipinski definition) is 0. The smallest absolute Gasteiger partial charge is 1.00 e. The second kappa shape index (κ2) is 12.5. The fourth-order valence-corrected chi connectivity index (χ4v) is 6.22. The van der Waals surface area contributed by atoms with Gasteiger partial charge in [-0.25, -0.2) is 0 Å². The van der Waals surface area contributed by atoms with Gasteiger partial charge in [0.2, 0.25) is 0 Å². The number of para-hydroxylation sites is 2. The van der Waals surface area contributed by atoms with Crippen molar-refractivity contribution in [1.82, 2.24) is 0 Å². The average Bonchev–Trinajstić information content (AvgIpc) is 3.00. The van der Waals surface area contributed by atoms with Gasteiger partial charge in [-0.2, -0.15) is 0 Å². The van der Waals surface area contributed by atoms with Crippen LogP contribution >= 0.6 is 0 Å². The first kappa shape index (κ1) is 30.5. The van der Waals surface area contributed by atoms with E-state index in [1.54, 1.807) is 14.9 Å². The Labute approximate surface area is 230 Å². The molecule has 2 nitrogen and oxygen atoms in total. The fourth-order valence-electron chi connectivity index (χ4n) is 4.50. The van der Waals surface area contributed by atoms with Crippen molar-refractivity contribution in [3.05, 3.63) is 58.7 Å².